The quantitative estimate of drug-likeness (QED) is 0.151. The molecule has 2 N–H and O–H groups in total. The van der Waals surface area contributed by atoms with Crippen LogP contribution >= 0.6 is 0 Å². The molecule has 6 aliphatic heterocycles. The molecule has 8 fully saturated rings. The Hall–Kier alpha value is -5.90. The highest BCUT2D eigenvalue weighted by Crippen LogP contribution is 2.53. The van der Waals surface area contributed by atoms with E-state index in [-0.39, 0.29) is 64.9 Å². The average Bonchev–Trinajstić information content (AvgIpc) is 4.06. The van der Waals surface area contributed by atoms with Crippen LogP contribution in [0.3, 0.4) is 0 Å². The van der Waals surface area contributed by atoms with Crippen molar-refractivity contribution in [2.24, 2.45) is 11.8 Å². The lowest BCUT2D eigenvalue weighted by molar-refractivity contribution is -0.157. The molecule has 0 radical (unpaired) electrons. The summed E-state index contributed by atoms with van der Waals surface area (Å²) in [5.41, 5.74) is 5.86. The van der Waals surface area contributed by atoms with Crippen LogP contribution in [0.25, 0.3) is 22.3 Å². The summed E-state index contributed by atoms with van der Waals surface area (Å²) in [6.45, 7) is 9.56. The Morgan fingerprint density at radius 2 is 1.55 bits per heavy atom. The molecular formula is C58H73N11O5. The number of imide groups is 1. The number of nitrogens with zero attached hydrogens (tertiary/aromatic N) is 9. The number of hydrogen-bond donors (Lipinski definition) is 2. The van der Waals surface area contributed by atoms with Gasteiger partial charge < -0.3 is 34.4 Å². The van der Waals surface area contributed by atoms with Crippen molar-refractivity contribution in [3.05, 3.63) is 60.0 Å². The van der Waals surface area contributed by atoms with Gasteiger partial charge in [0.05, 0.1) is 34.8 Å². The molecule has 2 spiro atoms. The summed E-state index contributed by atoms with van der Waals surface area (Å²) in [6.07, 6.45) is 19.9. The van der Waals surface area contributed by atoms with E-state index in [9.17, 15) is 19.2 Å². The van der Waals surface area contributed by atoms with E-state index >= 15 is 4.79 Å². The maximum Gasteiger partial charge on any atom is 0.238 e. The second-order valence-corrected chi connectivity index (χ2v) is 24.1. The third kappa shape index (κ3) is 8.27. The van der Waals surface area contributed by atoms with E-state index in [2.05, 4.69) is 72.9 Å². The van der Waals surface area contributed by atoms with Gasteiger partial charge in [-0.15, -0.1) is 0 Å². The van der Waals surface area contributed by atoms with Crippen LogP contribution in [-0.2, 0) is 29.4 Å². The van der Waals surface area contributed by atoms with Gasteiger partial charge in [0.25, 0.3) is 0 Å². The van der Waals surface area contributed by atoms with E-state index in [4.69, 9.17) is 15.0 Å². The number of fused-ring (bicyclic) bond motifs is 3. The number of likely N-dealkylation sites (tertiary alicyclic amines) is 3. The van der Waals surface area contributed by atoms with E-state index in [1.54, 1.807) is 6.20 Å². The Morgan fingerprint density at radius 3 is 2.24 bits per heavy atom. The number of piperidine rings is 5. The first-order chi connectivity index (χ1) is 35.9. The molecule has 9 aliphatic rings. The Morgan fingerprint density at radius 1 is 0.770 bits per heavy atom. The Kier molecular flexibility index (Phi) is 12.1. The molecule has 16 nitrogen and oxygen atoms in total. The van der Waals surface area contributed by atoms with Gasteiger partial charge in [-0.25, -0.2) is 15.0 Å². The molecule has 13 rings (SSSR count). The molecule has 4 aromatic rings. The fourth-order valence-corrected chi connectivity index (χ4v) is 14.5. The molecule has 3 aromatic heterocycles. The van der Waals surface area contributed by atoms with Crippen LogP contribution in [0.15, 0.2) is 48.9 Å². The van der Waals surface area contributed by atoms with Gasteiger partial charge in [-0.05, 0) is 159 Å². The summed E-state index contributed by atoms with van der Waals surface area (Å²) >= 11 is 0. The van der Waals surface area contributed by atoms with Gasteiger partial charge in [0, 0.05) is 92.2 Å². The zero-order valence-corrected chi connectivity index (χ0v) is 43.4. The predicted molar refractivity (Wildman–Crippen MR) is 283 cm³/mol. The summed E-state index contributed by atoms with van der Waals surface area (Å²) in [6, 6.07) is 13.9. The van der Waals surface area contributed by atoms with Crippen molar-refractivity contribution in [3.8, 4) is 11.3 Å². The lowest BCUT2D eigenvalue weighted by Gasteiger charge is -2.56. The molecule has 0 bridgehead atoms. The summed E-state index contributed by atoms with van der Waals surface area (Å²) in [5, 5.41) is 6.16. The predicted octanol–water partition coefficient (Wildman–Crippen LogP) is 7.47. The van der Waals surface area contributed by atoms with E-state index in [0.717, 1.165) is 134 Å². The second kappa shape index (κ2) is 18.7. The second-order valence-electron chi connectivity index (χ2n) is 24.1. The molecule has 3 aliphatic carbocycles. The van der Waals surface area contributed by atoms with E-state index in [1.165, 1.54) is 19.3 Å². The van der Waals surface area contributed by atoms with Crippen LogP contribution in [0.1, 0.15) is 153 Å². The van der Waals surface area contributed by atoms with Gasteiger partial charge >= 0.3 is 0 Å². The molecule has 9 heterocycles. The van der Waals surface area contributed by atoms with Crippen molar-refractivity contribution in [2.45, 2.75) is 170 Å². The summed E-state index contributed by atoms with van der Waals surface area (Å²) in [4.78, 5) is 95.1. The number of aromatic nitrogens is 4. The Bertz CT molecular complexity index is 2860. The molecule has 5 amide bonds. The minimum absolute atomic E-state index is 0.110. The molecule has 5 saturated heterocycles. The van der Waals surface area contributed by atoms with Gasteiger partial charge in [0.1, 0.15) is 11.3 Å². The summed E-state index contributed by atoms with van der Waals surface area (Å²) in [5.74, 6) is 0.995. The van der Waals surface area contributed by atoms with Crippen molar-refractivity contribution in [3.63, 3.8) is 0 Å². The summed E-state index contributed by atoms with van der Waals surface area (Å²) in [7, 11) is 0. The number of amides is 5. The lowest BCUT2D eigenvalue weighted by Crippen LogP contribution is -2.63. The number of imidazole rings is 1. The molecule has 1 unspecified atom stereocenters. The molecule has 2 atom stereocenters. The number of benzene rings is 1. The van der Waals surface area contributed by atoms with Crippen LogP contribution < -0.4 is 20.4 Å². The third-order valence-corrected chi connectivity index (χ3v) is 19.4. The number of rotatable bonds is 10. The van der Waals surface area contributed by atoms with Gasteiger partial charge in [-0.1, -0.05) is 24.6 Å². The Balaban J connectivity index is 0.703. The van der Waals surface area contributed by atoms with E-state index in [0.29, 0.717) is 70.5 Å². The van der Waals surface area contributed by atoms with Crippen LogP contribution in [0.2, 0.25) is 0 Å². The first kappa shape index (κ1) is 47.8. The maximum atomic E-state index is 15.4. The zero-order chi connectivity index (χ0) is 50.5. The first-order valence-electron chi connectivity index (χ1n) is 28.5. The van der Waals surface area contributed by atoms with Crippen molar-refractivity contribution in [1.82, 2.24) is 39.5 Å². The van der Waals surface area contributed by atoms with Crippen LogP contribution in [0.5, 0.6) is 0 Å². The fourth-order valence-electron chi connectivity index (χ4n) is 14.5. The first-order valence-corrected chi connectivity index (χ1v) is 28.5. The van der Waals surface area contributed by atoms with Gasteiger partial charge in [-0.2, -0.15) is 0 Å². The van der Waals surface area contributed by atoms with Crippen LogP contribution in [0.4, 0.5) is 17.3 Å². The maximum absolute atomic E-state index is 15.4. The minimum atomic E-state index is -0.697. The van der Waals surface area contributed by atoms with Crippen LogP contribution in [-0.4, -0.2) is 133 Å². The number of pyridine rings is 2. The topological polar surface area (TPSA) is 169 Å². The standard InChI is InChI=1S/C58H73N11O5/c1-36(2)67-35-60-47-32-46(62-52(51(47)67)61-41-9-10-41)38-7-12-45-48(29-38)69(43-30-42(31-43)64-23-4-3-5-24-64)56(74)58(45)21-27-66(28-22-58)54(72)40-15-20-57(18-6-19-57)68(34-40)55(73)37-16-25-65(26-17-37)49-13-8-39(33-59-49)44-11-14-50(70)63-53(44)71/h7-8,12-13,29,32-33,35-37,40-44H,3-6,9-11,14-28,30-31,34H2,1-2H3,(H,61,62)(H,63,70,71)/t40?,42?,43?,44-/m1/s1. The smallest absolute Gasteiger partial charge is 0.238 e. The molecule has 74 heavy (non-hydrogen) atoms. The highest BCUT2D eigenvalue weighted by molar-refractivity contribution is 6.09. The van der Waals surface area contributed by atoms with Crippen molar-refractivity contribution < 1.29 is 24.0 Å². The van der Waals surface area contributed by atoms with Gasteiger partial charge in [-0.3, -0.25) is 29.3 Å². The summed E-state index contributed by atoms with van der Waals surface area (Å²) < 4.78 is 2.20. The highest BCUT2D eigenvalue weighted by Gasteiger charge is 2.57. The van der Waals surface area contributed by atoms with E-state index in [1.807, 2.05) is 23.4 Å². The number of nitrogens with one attached hydrogen (secondary N) is 2. The normalized spacial score (nSPS) is 27.1. The third-order valence-electron chi connectivity index (χ3n) is 19.4. The fraction of sp³-hybridized carbons (Fsp3) is 0.621. The van der Waals surface area contributed by atoms with Crippen molar-refractivity contribution >= 4 is 57.9 Å². The Labute approximate surface area is 434 Å². The van der Waals surface area contributed by atoms with Crippen molar-refractivity contribution in [2.75, 3.05) is 60.9 Å². The monoisotopic (exact) mass is 1000 g/mol. The van der Waals surface area contributed by atoms with Gasteiger partial charge in [0.2, 0.25) is 29.5 Å². The van der Waals surface area contributed by atoms with Crippen molar-refractivity contribution in [1.29, 1.82) is 0 Å². The number of anilines is 3. The minimum Gasteiger partial charge on any atom is -0.366 e. The molecule has 3 saturated carbocycles. The number of carbonyl (C=O) groups is 5. The highest BCUT2D eigenvalue weighted by atomic mass is 16.2. The molecular weight excluding hydrogens is 931 g/mol. The SMILES string of the molecule is CC(C)n1cnc2cc(-c3ccc4c(c3)N(C3CC(N5CCCCC5)C3)C(=O)C43CCN(C(=O)C4CCC5(CCC5)N(C(=O)C5CCN(c6ccc([C@H]7CCC(=O)NC7=O)cn6)CC5)C4)CC3)nc(NC3CC3)c21. The molecule has 1 aromatic carbocycles. The molecule has 390 valence electrons. The zero-order valence-electron chi connectivity index (χ0n) is 43.4. The number of hydrogen-bond acceptors (Lipinski definition) is 11. The van der Waals surface area contributed by atoms with Gasteiger partial charge in [0.15, 0.2) is 5.82 Å². The van der Waals surface area contributed by atoms with Crippen LogP contribution in [0, 0.1) is 11.8 Å². The number of carbonyl (C=O) groups excluding carboxylic acids is 5. The molecule has 16 heteroatoms. The average molecular weight is 1000 g/mol. The van der Waals surface area contributed by atoms with E-state index < -0.39 is 5.41 Å². The largest absolute Gasteiger partial charge is 0.366 e. The lowest BCUT2D eigenvalue weighted by atomic mass is 9.67.